The number of aromatic nitrogens is 2. The van der Waals surface area contributed by atoms with Gasteiger partial charge >= 0.3 is 5.97 Å². The molecule has 0 saturated carbocycles. The van der Waals surface area contributed by atoms with Gasteiger partial charge in [-0.3, -0.25) is 9.59 Å². The van der Waals surface area contributed by atoms with Gasteiger partial charge in [0.05, 0.1) is 22.6 Å². The van der Waals surface area contributed by atoms with Gasteiger partial charge in [-0.1, -0.05) is 91.5 Å². The summed E-state index contributed by atoms with van der Waals surface area (Å²) in [5.41, 5.74) is 7.18. The number of hydrogen-bond donors (Lipinski definition) is 3. The molecule has 0 radical (unpaired) electrons. The summed E-state index contributed by atoms with van der Waals surface area (Å²) in [5, 5.41) is 16.3. The highest BCUT2D eigenvalue weighted by atomic mass is 32.2. The Morgan fingerprint density at radius 1 is 1.00 bits per heavy atom. The molecular weight excluding hydrogens is 633 g/mol. The molecule has 252 valence electrons. The number of rotatable bonds is 13. The maximum Gasteiger partial charge on any atom is 0.336 e. The number of aryl methyl sites for hydroxylation is 2. The first-order valence-corrected chi connectivity index (χ1v) is 18.0. The lowest BCUT2D eigenvalue weighted by Gasteiger charge is -2.20. The van der Waals surface area contributed by atoms with Crippen LogP contribution in [0.5, 0.6) is 0 Å². The van der Waals surface area contributed by atoms with Crippen LogP contribution >= 0.6 is 11.8 Å². The Hall–Kier alpha value is -4.73. The first-order chi connectivity index (χ1) is 23.8. The van der Waals surface area contributed by atoms with Crippen molar-refractivity contribution < 1.29 is 19.5 Å². The lowest BCUT2D eigenvalue weighted by molar-refractivity contribution is -0.112. The molecule has 9 heteroatoms. The molecule has 6 rings (SSSR count). The number of carbonyl (C=O) groups is 3. The van der Waals surface area contributed by atoms with Crippen LogP contribution in [-0.2, 0) is 24.2 Å². The number of imidazole rings is 1. The second kappa shape index (κ2) is 15.7. The first-order valence-electron chi connectivity index (χ1n) is 17.0. The number of amides is 1. The lowest BCUT2D eigenvalue weighted by atomic mass is 9.98. The highest BCUT2D eigenvalue weighted by molar-refractivity contribution is 8.13. The summed E-state index contributed by atoms with van der Waals surface area (Å²) < 4.78 is 2.19. The Labute approximate surface area is 291 Å². The number of carboxylic acids is 1. The number of nitrogens with one attached hydrogen (secondary N) is 2. The molecular formula is C40H42N4O4S. The fraction of sp³-hybridized carbons (Fsp3) is 0.300. The molecule has 2 heterocycles. The van der Waals surface area contributed by atoms with E-state index in [1.807, 2.05) is 85.8 Å². The smallest absolute Gasteiger partial charge is 0.336 e. The van der Waals surface area contributed by atoms with E-state index in [2.05, 4.69) is 22.1 Å². The van der Waals surface area contributed by atoms with Crippen LogP contribution in [0, 0.1) is 6.92 Å². The predicted octanol–water partition coefficient (Wildman–Crippen LogP) is 7.06. The Kier molecular flexibility index (Phi) is 10.9. The molecule has 49 heavy (non-hydrogen) atoms. The van der Waals surface area contributed by atoms with Crippen LogP contribution in [0.3, 0.4) is 0 Å². The van der Waals surface area contributed by atoms with E-state index in [1.165, 1.54) is 11.8 Å². The van der Waals surface area contributed by atoms with Crippen molar-refractivity contribution in [1.82, 2.24) is 20.2 Å². The van der Waals surface area contributed by atoms with Crippen LogP contribution in [-0.4, -0.2) is 56.0 Å². The number of fused-ring (bicyclic) bond motifs is 1. The van der Waals surface area contributed by atoms with Crippen LogP contribution in [0.1, 0.15) is 69.4 Å². The summed E-state index contributed by atoms with van der Waals surface area (Å²) in [6.07, 6.45) is 4.20. The maximum absolute atomic E-state index is 13.9. The van der Waals surface area contributed by atoms with E-state index in [0.717, 1.165) is 71.3 Å². The molecule has 1 aliphatic heterocycles. The normalized spacial score (nSPS) is 14.9. The largest absolute Gasteiger partial charge is 0.478 e. The third-order valence-corrected chi connectivity index (χ3v) is 10.2. The number of benzene rings is 4. The number of carboxylic acid groups (broad SMARTS) is 1. The van der Waals surface area contributed by atoms with Gasteiger partial charge in [-0.2, -0.15) is 0 Å². The Balaban J connectivity index is 1.26. The zero-order chi connectivity index (χ0) is 34.3. The summed E-state index contributed by atoms with van der Waals surface area (Å²) >= 11 is 1.30. The molecule has 8 nitrogen and oxygen atoms in total. The first kappa shape index (κ1) is 34.1. The molecule has 4 aromatic carbocycles. The fourth-order valence-electron chi connectivity index (χ4n) is 6.54. The number of hydrogen-bond acceptors (Lipinski definition) is 6. The lowest BCUT2D eigenvalue weighted by Crippen LogP contribution is -2.39. The van der Waals surface area contributed by atoms with Crippen LogP contribution in [0.15, 0.2) is 91.0 Å². The molecule has 3 N–H and O–H groups in total. The van der Waals surface area contributed by atoms with Gasteiger partial charge in [0, 0.05) is 30.3 Å². The van der Waals surface area contributed by atoms with Crippen molar-refractivity contribution in [2.75, 3.05) is 12.3 Å². The molecule has 2 unspecified atom stereocenters. The molecule has 0 bridgehead atoms. The quantitative estimate of drug-likeness (QED) is 0.123. The number of nitrogens with zero attached hydrogens (tertiary/aromatic N) is 2. The van der Waals surface area contributed by atoms with Crippen LogP contribution in [0.4, 0.5) is 0 Å². The second-order valence-electron chi connectivity index (χ2n) is 12.7. The minimum absolute atomic E-state index is 0.113. The third-order valence-electron chi connectivity index (χ3n) is 9.05. The topological polar surface area (TPSA) is 113 Å². The molecule has 0 spiro atoms. The van der Waals surface area contributed by atoms with Crippen molar-refractivity contribution in [3.05, 3.63) is 125 Å². The van der Waals surface area contributed by atoms with Crippen molar-refractivity contribution in [2.24, 2.45) is 0 Å². The predicted molar refractivity (Wildman–Crippen MR) is 196 cm³/mol. The standard InChI is InChI=1S/C40H42N4O4S/c1-3-10-36-43-37-26(2)21-30(38(45)42-31(22-27-11-5-4-6-12-27)25-49-40(48)34-15-9-20-41-34)23-35(37)44(36)24-28-16-18-29(19-17-28)32-13-7-8-14-33(32)39(46)47/h4-8,11-14,16-19,21,23,31,34,41H,3,9-10,15,20,22,24-25H2,1-2H3,(H,42,45)(H,46,47). The molecule has 1 amide bonds. The number of aromatic carboxylic acids is 1. The van der Waals surface area contributed by atoms with Gasteiger partial charge in [0.2, 0.25) is 5.12 Å². The van der Waals surface area contributed by atoms with E-state index in [4.69, 9.17) is 4.98 Å². The van der Waals surface area contributed by atoms with Gasteiger partial charge in [-0.05, 0) is 85.2 Å². The third kappa shape index (κ3) is 8.12. The van der Waals surface area contributed by atoms with E-state index in [0.29, 0.717) is 29.8 Å². The molecule has 5 aromatic rings. The van der Waals surface area contributed by atoms with Crippen molar-refractivity contribution in [2.45, 2.75) is 64.6 Å². The highest BCUT2D eigenvalue weighted by Gasteiger charge is 2.25. The Bertz CT molecular complexity index is 1950. The van der Waals surface area contributed by atoms with Gasteiger partial charge in [0.15, 0.2) is 0 Å². The Morgan fingerprint density at radius 3 is 2.47 bits per heavy atom. The SMILES string of the molecule is CCCc1nc2c(C)cc(C(=O)NC(CSC(=O)C3CCCN3)Cc3ccccc3)cc2n1Cc1ccc(-c2ccccc2C(=O)O)cc1. The maximum atomic E-state index is 13.9. The van der Waals surface area contributed by atoms with Crippen molar-refractivity contribution in [3.63, 3.8) is 0 Å². The highest BCUT2D eigenvalue weighted by Crippen LogP contribution is 2.27. The van der Waals surface area contributed by atoms with Gasteiger partial charge in [-0.15, -0.1) is 0 Å². The van der Waals surface area contributed by atoms with Gasteiger partial charge in [0.1, 0.15) is 5.82 Å². The Morgan fingerprint density at radius 2 is 1.76 bits per heavy atom. The molecule has 1 aliphatic rings. The van der Waals surface area contributed by atoms with Crippen molar-refractivity contribution >= 4 is 39.8 Å². The average Bonchev–Trinajstić information content (AvgIpc) is 3.77. The minimum atomic E-state index is -0.955. The summed E-state index contributed by atoms with van der Waals surface area (Å²) in [6, 6.07) is 28.5. The number of carbonyl (C=O) groups excluding carboxylic acids is 2. The molecule has 2 atom stereocenters. The summed E-state index contributed by atoms with van der Waals surface area (Å²) in [4.78, 5) is 43.6. The van der Waals surface area contributed by atoms with Crippen LogP contribution in [0.2, 0.25) is 0 Å². The van der Waals surface area contributed by atoms with E-state index in [1.54, 1.807) is 12.1 Å². The molecule has 1 saturated heterocycles. The van der Waals surface area contributed by atoms with E-state index in [-0.39, 0.29) is 28.7 Å². The summed E-state index contributed by atoms with van der Waals surface area (Å²) in [7, 11) is 0. The van der Waals surface area contributed by atoms with Crippen molar-refractivity contribution in [1.29, 1.82) is 0 Å². The summed E-state index contributed by atoms with van der Waals surface area (Å²) in [5.74, 6) is 0.314. The summed E-state index contributed by atoms with van der Waals surface area (Å²) in [6.45, 7) is 5.54. The van der Waals surface area contributed by atoms with Gasteiger partial charge in [0.25, 0.3) is 5.91 Å². The second-order valence-corrected chi connectivity index (χ2v) is 13.7. The van der Waals surface area contributed by atoms with E-state index < -0.39 is 5.97 Å². The average molecular weight is 675 g/mol. The van der Waals surface area contributed by atoms with E-state index in [9.17, 15) is 19.5 Å². The van der Waals surface area contributed by atoms with Crippen molar-refractivity contribution in [3.8, 4) is 11.1 Å². The van der Waals surface area contributed by atoms with Gasteiger partial charge < -0.3 is 20.3 Å². The minimum Gasteiger partial charge on any atom is -0.478 e. The van der Waals surface area contributed by atoms with E-state index >= 15 is 0 Å². The zero-order valence-corrected chi connectivity index (χ0v) is 28.8. The van der Waals surface area contributed by atoms with Gasteiger partial charge in [-0.25, -0.2) is 9.78 Å². The molecule has 1 fully saturated rings. The fourth-order valence-corrected chi connectivity index (χ4v) is 7.51. The number of thioether (sulfide) groups is 1. The molecule has 1 aromatic heterocycles. The van der Waals surface area contributed by atoms with Crippen LogP contribution < -0.4 is 10.6 Å². The monoisotopic (exact) mass is 674 g/mol. The van der Waals surface area contributed by atoms with Crippen LogP contribution in [0.25, 0.3) is 22.2 Å². The molecule has 0 aliphatic carbocycles. The zero-order valence-electron chi connectivity index (χ0n) is 27.9.